The summed E-state index contributed by atoms with van der Waals surface area (Å²) in [5.41, 5.74) is 1.15. The molecule has 124 valence electrons. The first-order valence-electron chi connectivity index (χ1n) is 7.47. The van der Waals surface area contributed by atoms with Gasteiger partial charge in [0.1, 0.15) is 5.60 Å². The van der Waals surface area contributed by atoms with Crippen molar-refractivity contribution < 1.29 is 13.7 Å². The van der Waals surface area contributed by atoms with Crippen molar-refractivity contribution in [1.29, 1.82) is 0 Å². The zero-order valence-electron chi connectivity index (χ0n) is 14.4. The predicted molar refractivity (Wildman–Crippen MR) is 91.2 cm³/mol. The van der Waals surface area contributed by atoms with Gasteiger partial charge in [-0.25, -0.2) is 13.7 Å². The third-order valence-electron chi connectivity index (χ3n) is 2.79. The molecule has 0 saturated carbocycles. The van der Waals surface area contributed by atoms with Crippen molar-refractivity contribution in [1.82, 2.24) is 4.72 Å². The van der Waals surface area contributed by atoms with Crippen LogP contribution in [-0.4, -0.2) is 27.1 Å². The molecule has 5 heteroatoms. The molecule has 0 aliphatic heterocycles. The predicted octanol–water partition coefficient (Wildman–Crippen LogP) is 3.24. The first-order valence-corrected chi connectivity index (χ1v) is 8.62. The number of benzene rings is 1. The monoisotopic (exact) mass is 325 g/mol. The Morgan fingerprint density at radius 2 is 1.64 bits per heavy atom. The Labute approximate surface area is 136 Å². The molecule has 0 saturated heterocycles. The van der Waals surface area contributed by atoms with Crippen molar-refractivity contribution in [2.75, 3.05) is 6.54 Å². The quantitative estimate of drug-likeness (QED) is 0.846. The SMILES string of the molecule is CC(C)(C)OC(=O)c1ccc(CCNS(=O)C(C)(C)C)cc1. The van der Waals surface area contributed by atoms with Crippen LogP contribution in [0.4, 0.5) is 0 Å². The van der Waals surface area contributed by atoms with E-state index >= 15 is 0 Å². The molecule has 1 aromatic rings. The number of esters is 1. The molecule has 0 aliphatic carbocycles. The van der Waals surface area contributed by atoms with Gasteiger partial charge in [-0.05, 0) is 65.7 Å². The highest BCUT2D eigenvalue weighted by Crippen LogP contribution is 2.13. The van der Waals surface area contributed by atoms with E-state index in [2.05, 4.69) is 4.72 Å². The second-order valence-electron chi connectivity index (χ2n) is 7.22. The van der Waals surface area contributed by atoms with E-state index in [0.29, 0.717) is 12.1 Å². The fraction of sp³-hybridized carbons (Fsp3) is 0.588. The fourth-order valence-electron chi connectivity index (χ4n) is 1.65. The average Bonchev–Trinajstić information content (AvgIpc) is 2.36. The summed E-state index contributed by atoms with van der Waals surface area (Å²) in [6.07, 6.45) is 0.760. The molecule has 4 nitrogen and oxygen atoms in total. The molecule has 0 spiro atoms. The number of ether oxygens (including phenoxy) is 1. The Hall–Kier alpha value is -1.20. The van der Waals surface area contributed by atoms with Crippen molar-refractivity contribution in [3.05, 3.63) is 35.4 Å². The van der Waals surface area contributed by atoms with Gasteiger partial charge in [-0.3, -0.25) is 0 Å². The molecule has 0 aliphatic rings. The number of carbonyl (C=O) groups excluding carboxylic acids is 1. The molecule has 1 atom stereocenters. The first kappa shape index (κ1) is 18.8. The zero-order chi connectivity index (χ0) is 17.0. The van der Waals surface area contributed by atoms with Crippen molar-refractivity contribution >= 4 is 17.0 Å². The summed E-state index contributed by atoms with van der Waals surface area (Å²) in [5.74, 6) is -0.314. The Balaban J connectivity index is 2.52. The number of nitrogens with one attached hydrogen (secondary N) is 1. The minimum atomic E-state index is -1.06. The smallest absolute Gasteiger partial charge is 0.338 e. The number of hydrogen-bond acceptors (Lipinski definition) is 3. The van der Waals surface area contributed by atoms with Gasteiger partial charge in [0.25, 0.3) is 0 Å². The lowest BCUT2D eigenvalue weighted by atomic mass is 10.1. The molecule has 1 N–H and O–H groups in total. The summed E-state index contributed by atoms with van der Waals surface area (Å²) in [6.45, 7) is 12.0. The standard InChI is InChI=1S/C17H27NO3S/c1-16(2,3)21-15(19)14-9-7-13(8-10-14)11-12-18-22(20)17(4,5)6/h7-10,18H,11-12H2,1-6H3. The van der Waals surface area contributed by atoms with E-state index in [0.717, 1.165) is 12.0 Å². The second kappa shape index (κ2) is 7.38. The van der Waals surface area contributed by atoms with Crippen LogP contribution in [-0.2, 0) is 22.1 Å². The third-order valence-corrected chi connectivity index (χ3v) is 4.37. The minimum absolute atomic E-state index is 0.263. The number of rotatable bonds is 5. The summed E-state index contributed by atoms with van der Waals surface area (Å²) < 4.78 is 19.9. The highest BCUT2D eigenvalue weighted by Gasteiger charge is 2.19. The van der Waals surface area contributed by atoms with Crippen LogP contribution in [0.15, 0.2) is 24.3 Å². The van der Waals surface area contributed by atoms with Gasteiger partial charge >= 0.3 is 5.97 Å². The van der Waals surface area contributed by atoms with Crippen molar-refractivity contribution in [2.45, 2.75) is 58.3 Å². The molecule has 0 heterocycles. The molecule has 0 bridgehead atoms. The summed E-state index contributed by atoms with van der Waals surface area (Å²) in [7, 11) is -1.06. The highest BCUT2D eigenvalue weighted by atomic mass is 32.2. The van der Waals surface area contributed by atoms with E-state index in [1.54, 1.807) is 12.1 Å². The molecule has 0 fully saturated rings. The largest absolute Gasteiger partial charge is 0.456 e. The molecular formula is C17H27NO3S. The Morgan fingerprint density at radius 3 is 2.09 bits per heavy atom. The van der Waals surface area contributed by atoms with Gasteiger partial charge in [0.05, 0.1) is 21.3 Å². The summed E-state index contributed by atoms with van der Waals surface area (Å²) in [5, 5.41) is 0. The van der Waals surface area contributed by atoms with Crippen LogP contribution in [0.1, 0.15) is 57.5 Å². The minimum Gasteiger partial charge on any atom is -0.456 e. The molecule has 1 aromatic carbocycles. The molecule has 1 unspecified atom stereocenters. The Morgan fingerprint density at radius 1 is 1.09 bits per heavy atom. The maximum Gasteiger partial charge on any atom is 0.338 e. The third kappa shape index (κ3) is 6.71. The molecule has 0 radical (unpaired) electrons. The van der Waals surface area contributed by atoms with E-state index in [1.165, 1.54) is 0 Å². The van der Waals surface area contributed by atoms with Gasteiger partial charge < -0.3 is 4.74 Å². The molecule has 0 amide bonds. The van der Waals surface area contributed by atoms with Gasteiger partial charge in [-0.15, -0.1) is 0 Å². The topological polar surface area (TPSA) is 55.4 Å². The average molecular weight is 325 g/mol. The zero-order valence-corrected chi connectivity index (χ0v) is 15.2. The van der Waals surface area contributed by atoms with Gasteiger partial charge in [0, 0.05) is 6.54 Å². The lowest BCUT2D eigenvalue weighted by molar-refractivity contribution is 0.00695. The van der Waals surface area contributed by atoms with Crippen molar-refractivity contribution in [3.8, 4) is 0 Å². The molecule has 22 heavy (non-hydrogen) atoms. The number of carbonyl (C=O) groups is 1. The van der Waals surface area contributed by atoms with E-state index in [4.69, 9.17) is 4.74 Å². The molecule has 1 rings (SSSR count). The van der Waals surface area contributed by atoms with Crippen LogP contribution in [0.25, 0.3) is 0 Å². The normalized spacial score (nSPS) is 13.7. The van der Waals surface area contributed by atoms with Crippen molar-refractivity contribution in [3.63, 3.8) is 0 Å². The van der Waals surface area contributed by atoms with Crippen LogP contribution in [0.5, 0.6) is 0 Å². The molecule has 0 aromatic heterocycles. The van der Waals surface area contributed by atoms with Gasteiger partial charge in [0.15, 0.2) is 0 Å². The van der Waals surface area contributed by atoms with Crippen LogP contribution >= 0.6 is 0 Å². The summed E-state index contributed by atoms with van der Waals surface area (Å²) >= 11 is 0. The second-order valence-corrected chi connectivity index (χ2v) is 9.28. The van der Waals surface area contributed by atoms with Gasteiger partial charge in [0.2, 0.25) is 0 Å². The Kier molecular flexibility index (Phi) is 6.32. The van der Waals surface area contributed by atoms with E-state index in [9.17, 15) is 9.00 Å². The lowest BCUT2D eigenvalue weighted by Crippen LogP contribution is -2.34. The van der Waals surface area contributed by atoms with Gasteiger partial charge in [-0.1, -0.05) is 12.1 Å². The lowest BCUT2D eigenvalue weighted by Gasteiger charge is -2.19. The maximum absolute atomic E-state index is 11.9. The van der Waals surface area contributed by atoms with E-state index in [-0.39, 0.29) is 10.7 Å². The van der Waals surface area contributed by atoms with E-state index in [1.807, 2.05) is 53.7 Å². The van der Waals surface area contributed by atoms with Crippen molar-refractivity contribution in [2.24, 2.45) is 0 Å². The Bertz CT molecular complexity index is 524. The van der Waals surface area contributed by atoms with Crippen LogP contribution < -0.4 is 4.72 Å². The van der Waals surface area contributed by atoms with Crippen LogP contribution in [0.2, 0.25) is 0 Å². The van der Waals surface area contributed by atoms with Gasteiger partial charge in [-0.2, -0.15) is 0 Å². The highest BCUT2D eigenvalue weighted by molar-refractivity contribution is 7.84. The van der Waals surface area contributed by atoms with E-state index < -0.39 is 16.6 Å². The number of hydrogen-bond donors (Lipinski definition) is 1. The summed E-state index contributed by atoms with van der Waals surface area (Å²) in [6, 6.07) is 7.34. The maximum atomic E-state index is 11.9. The fourth-order valence-corrected chi connectivity index (χ4v) is 2.37. The first-order chi connectivity index (χ1) is 9.99. The summed E-state index contributed by atoms with van der Waals surface area (Å²) in [4.78, 5) is 11.9. The van der Waals surface area contributed by atoms with Crippen LogP contribution in [0.3, 0.4) is 0 Å². The molecular weight excluding hydrogens is 298 g/mol. The van der Waals surface area contributed by atoms with Crippen LogP contribution in [0, 0.1) is 0 Å².